The second-order valence-corrected chi connectivity index (χ2v) is 4.08. The van der Waals surface area contributed by atoms with Crippen molar-refractivity contribution in [2.75, 3.05) is 5.88 Å². The van der Waals surface area contributed by atoms with Gasteiger partial charge in [0, 0.05) is 0 Å². The molecule has 104 valence electrons. The normalized spacial score (nSPS) is 12.8. The molecule has 0 fully saturated rings. The van der Waals surface area contributed by atoms with Gasteiger partial charge in [0.15, 0.2) is 5.78 Å². The van der Waals surface area contributed by atoms with E-state index in [1.807, 2.05) is 0 Å². The van der Waals surface area contributed by atoms with Gasteiger partial charge in [0.1, 0.15) is 0 Å². The van der Waals surface area contributed by atoms with E-state index in [-0.39, 0.29) is 6.42 Å². The van der Waals surface area contributed by atoms with Crippen LogP contribution in [-0.2, 0) is 16.0 Å². The van der Waals surface area contributed by atoms with E-state index < -0.39 is 29.8 Å². The summed E-state index contributed by atoms with van der Waals surface area (Å²) in [7, 11) is 0. The van der Waals surface area contributed by atoms with Crippen LogP contribution < -0.4 is 5.32 Å². The summed E-state index contributed by atoms with van der Waals surface area (Å²) in [5, 5.41) is 1.66. The number of nitrogens with one attached hydrogen (secondary N) is 1. The molecule has 0 saturated heterocycles. The highest BCUT2D eigenvalue weighted by Gasteiger charge is 2.40. The zero-order valence-electron chi connectivity index (χ0n) is 9.71. The second kappa shape index (κ2) is 6.56. The first-order valence-corrected chi connectivity index (χ1v) is 5.88. The Bertz CT molecular complexity index is 448. The van der Waals surface area contributed by atoms with E-state index in [0.717, 1.165) is 0 Å². The highest BCUT2D eigenvalue weighted by Crippen LogP contribution is 2.15. The molecule has 0 heterocycles. The zero-order valence-corrected chi connectivity index (χ0v) is 10.5. The third kappa shape index (κ3) is 4.90. The molecule has 0 aliphatic heterocycles. The number of rotatable bonds is 5. The van der Waals surface area contributed by atoms with Crippen molar-refractivity contribution in [2.45, 2.75) is 18.6 Å². The number of amides is 1. The van der Waals surface area contributed by atoms with Crippen LogP contribution >= 0.6 is 11.6 Å². The van der Waals surface area contributed by atoms with Crippen LogP contribution in [-0.4, -0.2) is 29.8 Å². The van der Waals surface area contributed by atoms with Gasteiger partial charge in [-0.3, -0.25) is 9.59 Å². The topological polar surface area (TPSA) is 46.2 Å². The van der Waals surface area contributed by atoms with Gasteiger partial charge in [0.25, 0.3) is 0 Å². The molecule has 0 aromatic heterocycles. The van der Waals surface area contributed by atoms with E-state index in [2.05, 4.69) is 0 Å². The Labute approximate surface area is 112 Å². The van der Waals surface area contributed by atoms with Gasteiger partial charge >= 0.3 is 12.1 Å². The van der Waals surface area contributed by atoms with Gasteiger partial charge in [-0.05, 0) is 12.0 Å². The zero-order chi connectivity index (χ0) is 14.5. The molecule has 0 unspecified atom stereocenters. The van der Waals surface area contributed by atoms with Crippen molar-refractivity contribution in [3.63, 3.8) is 0 Å². The van der Waals surface area contributed by atoms with Crippen LogP contribution in [0.25, 0.3) is 0 Å². The van der Waals surface area contributed by atoms with Crippen molar-refractivity contribution in [2.24, 2.45) is 0 Å². The Hall–Kier alpha value is -1.56. The number of benzene rings is 1. The van der Waals surface area contributed by atoms with Crippen molar-refractivity contribution >= 4 is 23.3 Å². The number of ketones is 1. The monoisotopic (exact) mass is 293 g/mol. The molecular formula is C12H11ClF3NO2. The van der Waals surface area contributed by atoms with Crippen LogP contribution in [0.1, 0.15) is 5.56 Å². The first-order valence-electron chi connectivity index (χ1n) is 5.35. The van der Waals surface area contributed by atoms with Crippen LogP contribution in [0.5, 0.6) is 0 Å². The summed E-state index contributed by atoms with van der Waals surface area (Å²) in [4.78, 5) is 22.3. The maximum absolute atomic E-state index is 12.2. The number of carbonyl (C=O) groups is 2. The average molecular weight is 294 g/mol. The summed E-state index contributed by atoms with van der Waals surface area (Å²) < 4.78 is 36.5. The predicted molar refractivity (Wildman–Crippen MR) is 63.9 cm³/mol. The molecule has 1 rings (SSSR count). The third-order valence-electron chi connectivity index (χ3n) is 2.37. The van der Waals surface area contributed by atoms with Gasteiger partial charge in [0.05, 0.1) is 11.9 Å². The summed E-state index contributed by atoms with van der Waals surface area (Å²) in [6, 6.07) is 7.11. The fourth-order valence-electron chi connectivity index (χ4n) is 1.43. The molecule has 0 aliphatic carbocycles. The van der Waals surface area contributed by atoms with E-state index in [0.29, 0.717) is 5.56 Å². The fourth-order valence-corrected chi connectivity index (χ4v) is 1.61. The van der Waals surface area contributed by atoms with Crippen LogP contribution in [0.15, 0.2) is 30.3 Å². The molecule has 1 amide bonds. The number of Topliss-reactive ketones (excluding diaryl/α,β-unsaturated/α-hetero) is 1. The molecule has 0 bridgehead atoms. The number of alkyl halides is 4. The number of hydrogen-bond donors (Lipinski definition) is 1. The van der Waals surface area contributed by atoms with Gasteiger partial charge in [-0.1, -0.05) is 30.3 Å². The van der Waals surface area contributed by atoms with E-state index in [9.17, 15) is 22.8 Å². The maximum atomic E-state index is 12.2. The van der Waals surface area contributed by atoms with Crippen molar-refractivity contribution < 1.29 is 22.8 Å². The van der Waals surface area contributed by atoms with E-state index in [1.54, 1.807) is 35.6 Å². The SMILES string of the molecule is O=C(CCl)[C@H](Cc1ccccc1)NC(=O)C(F)(F)F. The Morgan fingerprint density at radius 3 is 2.26 bits per heavy atom. The van der Waals surface area contributed by atoms with Crippen molar-refractivity contribution in [3.05, 3.63) is 35.9 Å². The molecule has 0 radical (unpaired) electrons. The molecular weight excluding hydrogens is 283 g/mol. The third-order valence-corrected chi connectivity index (χ3v) is 2.63. The first-order chi connectivity index (χ1) is 8.84. The number of halogens is 4. The van der Waals surface area contributed by atoms with Crippen LogP contribution in [0.2, 0.25) is 0 Å². The predicted octanol–water partition coefficient (Wildman–Crippen LogP) is 2.08. The van der Waals surface area contributed by atoms with Gasteiger partial charge < -0.3 is 5.32 Å². The molecule has 1 atom stereocenters. The maximum Gasteiger partial charge on any atom is 0.471 e. The molecule has 0 spiro atoms. The lowest BCUT2D eigenvalue weighted by Crippen LogP contribution is -2.48. The summed E-state index contributed by atoms with van der Waals surface area (Å²) in [5.74, 6) is -3.27. The Morgan fingerprint density at radius 1 is 1.21 bits per heavy atom. The Morgan fingerprint density at radius 2 is 1.79 bits per heavy atom. The smallest absolute Gasteiger partial charge is 0.338 e. The van der Waals surface area contributed by atoms with E-state index in [1.165, 1.54) is 0 Å². The average Bonchev–Trinajstić information content (AvgIpc) is 2.37. The van der Waals surface area contributed by atoms with Crippen LogP contribution in [0.4, 0.5) is 13.2 Å². The number of hydrogen-bond acceptors (Lipinski definition) is 2. The van der Waals surface area contributed by atoms with Gasteiger partial charge in [-0.25, -0.2) is 0 Å². The second-order valence-electron chi connectivity index (χ2n) is 3.81. The largest absolute Gasteiger partial charge is 0.471 e. The van der Waals surface area contributed by atoms with Crippen molar-refractivity contribution in [3.8, 4) is 0 Å². The van der Waals surface area contributed by atoms with E-state index in [4.69, 9.17) is 11.6 Å². The Kier molecular flexibility index (Phi) is 5.35. The molecule has 1 aromatic rings. The van der Waals surface area contributed by atoms with Crippen molar-refractivity contribution in [1.82, 2.24) is 5.32 Å². The molecule has 0 saturated carbocycles. The molecule has 0 aliphatic rings. The number of carbonyl (C=O) groups excluding carboxylic acids is 2. The lowest BCUT2D eigenvalue weighted by atomic mass is 10.0. The summed E-state index contributed by atoms with van der Waals surface area (Å²) >= 11 is 5.33. The minimum absolute atomic E-state index is 0.0335. The van der Waals surface area contributed by atoms with Gasteiger partial charge in [-0.15, -0.1) is 11.6 Å². The lowest BCUT2D eigenvalue weighted by Gasteiger charge is -2.17. The molecule has 1 N–H and O–H groups in total. The van der Waals surface area contributed by atoms with Crippen molar-refractivity contribution in [1.29, 1.82) is 0 Å². The lowest BCUT2D eigenvalue weighted by molar-refractivity contribution is -0.174. The quantitative estimate of drug-likeness (QED) is 0.845. The van der Waals surface area contributed by atoms with Gasteiger partial charge in [0.2, 0.25) is 0 Å². The minimum Gasteiger partial charge on any atom is -0.338 e. The Balaban J connectivity index is 2.79. The molecule has 3 nitrogen and oxygen atoms in total. The highest BCUT2D eigenvalue weighted by atomic mass is 35.5. The summed E-state index contributed by atoms with van der Waals surface area (Å²) in [6.45, 7) is 0. The molecule has 7 heteroatoms. The standard InChI is InChI=1S/C12H11ClF3NO2/c13-7-10(18)9(17-11(19)12(14,15)16)6-8-4-2-1-3-5-8/h1-5,9H,6-7H2,(H,17,19)/t9-/m0/s1. The summed E-state index contributed by atoms with van der Waals surface area (Å²) in [6.07, 6.45) is -5.06. The van der Waals surface area contributed by atoms with Gasteiger partial charge in [-0.2, -0.15) is 13.2 Å². The van der Waals surface area contributed by atoms with Crippen LogP contribution in [0, 0.1) is 0 Å². The minimum atomic E-state index is -5.03. The molecule has 19 heavy (non-hydrogen) atoms. The molecule has 1 aromatic carbocycles. The fraction of sp³-hybridized carbons (Fsp3) is 0.333. The van der Waals surface area contributed by atoms with Crippen LogP contribution in [0.3, 0.4) is 0 Å². The first kappa shape index (κ1) is 15.5. The van der Waals surface area contributed by atoms with E-state index >= 15 is 0 Å². The summed E-state index contributed by atoms with van der Waals surface area (Å²) in [5.41, 5.74) is 0.633. The highest BCUT2D eigenvalue weighted by molar-refractivity contribution is 6.28.